The average molecular weight is 356 g/mol. The first-order valence-corrected chi connectivity index (χ1v) is 11.0. The fourth-order valence-electron chi connectivity index (χ4n) is 6.46. The minimum atomic E-state index is 0. The van der Waals surface area contributed by atoms with Crippen LogP contribution in [0.25, 0.3) is 0 Å². The van der Waals surface area contributed by atoms with Crippen LogP contribution in [0.15, 0.2) is 0 Å². The SMILES string of the molecule is CCCCCCCCCCNCCC12CC3CC(CC(C3)C1)C2.Cl. The highest BCUT2D eigenvalue weighted by molar-refractivity contribution is 5.85. The Bertz CT molecular complexity index is 306. The summed E-state index contributed by atoms with van der Waals surface area (Å²) >= 11 is 0. The normalized spacial score (nSPS) is 33.6. The van der Waals surface area contributed by atoms with Crippen LogP contribution in [0.2, 0.25) is 0 Å². The molecule has 1 nitrogen and oxygen atoms in total. The predicted molar refractivity (Wildman–Crippen MR) is 108 cm³/mol. The number of rotatable bonds is 12. The van der Waals surface area contributed by atoms with Crippen molar-refractivity contribution >= 4 is 12.4 Å². The van der Waals surface area contributed by atoms with Crippen molar-refractivity contribution in [2.75, 3.05) is 13.1 Å². The largest absolute Gasteiger partial charge is 0.317 e. The third kappa shape index (κ3) is 5.90. The molecular formula is C22H42ClN. The molecule has 4 rings (SSSR count). The Morgan fingerprint density at radius 1 is 0.708 bits per heavy atom. The van der Waals surface area contributed by atoms with Crippen molar-refractivity contribution in [2.24, 2.45) is 23.2 Å². The van der Waals surface area contributed by atoms with Crippen LogP contribution in [0, 0.1) is 23.2 Å². The van der Waals surface area contributed by atoms with Crippen molar-refractivity contribution in [3.8, 4) is 0 Å². The topological polar surface area (TPSA) is 12.0 Å². The van der Waals surface area contributed by atoms with E-state index in [0.717, 1.165) is 23.2 Å². The zero-order chi connectivity index (χ0) is 16.0. The molecular weight excluding hydrogens is 314 g/mol. The lowest BCUT2D eigenvalue weighted by Gasteiger charge is -2.57. The Hall–Kier alpha value is 0.250. The van der Waals surface area contributed by atoms with E-state index in [1.807, 2.05) is 0 Å². The van der Waals surface area contributed by atoms with Crippen LogP contribution >= 0.6 is 12.4 Å². The van der Waals surface area contributed by atoms with Gasteiger partial charge in [-0.05, 0) is 87.6 Å². The van der Waals surface area contributed by atoms with Crippen molar-refractivity contribution in [1.29, 1.82) is 0 Å². The second-order valence-electron chi connectivity index (χ2n) is 9.39. The molecule has 0 heterocycles. The average Bonchev–Trinajstić information content (AvgIpc) is 2.51. The Morgan fingerprint density at radius 3 is 1.75 bits per heavy atom. The van der Waals surface area contributed by atoms with Crippen LogP contribution in [0.3, 0.4) is 0 Å². The van der Waals surface area contributed by atoms with E-state index in [-0.39, 0.29) is 12.4 Å². The van der Waals surface area contributed by atoms with Gasteiger partial charge in [0.05, 0.1) is 0 Å². The van der Waals surface area contributed by atoms with Crippen LogP contribution in [-0.2, 0) is 0 Å². The van der Waals surface area contributed by atoms with Gasteiger partial charge in [-0.25, -0.2) is 0 Å². The van der Waals surface area contributed by atoms with E-state index in [4.69, 9.17) is 0 Å². The minimum Gasteiger partial charge on any atom is -0.317 e. The first-order valence-electron chi connectivity index (χ1n) is 11.0. The summed E-state index contributed by atoms with van der Waals surface area (Å²) in [6, 6.07) is 0. The van der Waals surface area contributed by atoms with E-state index < -0.39 is 0 Å². The fraction of sp³-hybridized carbons (Fsp3) is 1.00. The summed E-state index contributed by atoms with van der Waals surface area (Å²) < 4.78 is 0. The van der Waals surface area contributed by atoms with Gasteiger partial charge in [0.1, 0.15) is 0 Å². The first-order chi connectivity index (χ1) is 11.3. The molecule has 0 unspecified atom stereocenters. The van der Waals surface area contributed by atoms with Gasteiger partial charge in [-0.1, -0.05) is 51.9 Å². The lowest BCUT2D eigenvalue weighted by molar-refractivity contribution is -0.0567. The van der Waals surface area contributed by atoms with Crippen molar-refractivity contribution in [2.45, 2.75) is 103 Å². The molecule has 4 fully saturated rings. The van der Waals surface area contributed by atoms with Crippen LogP contribution in [-0.4, -0.2) is 13.1 Å². The van der Waals surface area contributed by atoms with E-state index in [9.17, 15) is 0 Å². The predicted octanol–water partition coefficient (Wildman–Crippen LogP) is 6.75. The Morgan fingerprint density at radius 2 is 1.21 bits per heavy atom. The van der Waals surface area contributed by atoms with Gasteiger partial charge in [-0.2, -0.15) is 0 Å². The first kappa shape index (κ1) is 20.6. The highest BCUT2D eigenvalue weighted by Gasteiger charge is 2.50. The maximum atomic E-state index is 3.77. The molecule has 0 spiro atoms. The van der Waals surface area contributed by atoms with Crippen molar-refractivity contribution in [1.82, 2.24) is 5.32 Å². The molecule has 0 aliphatic heterocycles. The summed E-state index contributed by atoms with van der Waals surface area (Å²) in [5.41, 5.74) is 0.779. The number of halogens is 1. The summed E-state index contributed by atoms with van der Waals surface area (Å²) in [4.78, 5) is 0. The third-order valence-electron chi connectivity index (χ3n) is 7.20. The molecule has 142 valence electrons. The summed E-state index contributed by atoms with van der Waals surface area (Å²) in [5, 5.41) is 3.77. The quantitative estimate of drug-likeness (QED) is 0.382. The van der Waals surface area contributed by atoms with Crippen LogP contribution in [0.5, 0.6) is 0 Å². The Kier molecular flexibility index (Phi) is 8.92. The van der Waals surface area contributed by atoms with E-state index in [0.29, 0.717) is 0 Å². The number of unbranched alkanes of at least 4 members (excludes halogenated alkanes) is 7. The monoisotopic (exact) mass is 355 g/mol. The number of hydrogen-bond acceptors (Lipinski definition) is 1. The van der Waals surface area contributed by atoms with E-state index in [1.165, 1.54) is 70.9 Å². The molecule has 24 heavy (non-hydrogen) atoms. The van der Waals surface area contributed by atoms with Crippen LogP contribution in [0.4, 0.5) is 0 Å². The molecule has 4 bridgehead atoms. The highest BCUT2D eigenvalue weighted by Crippen LogP contribution is 2.61. The van der Waals surface area contributed by atoms with Gasteiger partial charge in [-0.15, -0.1) is 12.4 Å². The van der Waals surface area contributed by atoms with Gasteiger partial charge in [-0.3, -0.25) is 0 Å². The number of nitrogens with one attached hydrogen (secondary N) is 1. The third-order valence-corrected chi connectivity index (χ3v) is 7.20. The second kappa shape index (κ2) is 10.4. The maximum Gasteiger partial charge on any atom is -0.00436 e. The molecule has 4 aliphatic carbocycles. The molecule has 0 atom stereocenters. The number of hydrogen-bond donors (Lipinski definition) is 1. The second-order valence-corrected chi connectivity index (χ2v) is 9.39. The fourth-order valence-corrected chi connectivity index (χ4v) is 6.46. The van der Waals surface area contributed by atoms with Gasteiger partial charge in [0.25, 0.3) is 0 Å². The Balaban J connectivity index is 0.00000208. The minimum absolute atomic E-state index is 0. The Labute approximate surface area is 157 Å². The molecule has 4 aliphatic rings. The van der Waals surface area contributed by atoms with Crippen LogP contribution in [0.1, 0.15) is 103 Å². The molecule has 0 aromatic heterocycles. The zero-order valence-electron chi connectivity index (χ0n) is 16.2. The molecule has 4 saturated carbocycles. The molecule has 1 N–H and O–H groups in total. The maximum absolute atomic E-state index is 3.77. The standard InChI is InChI=1S/C22H41N.ClH/c1-2-3-4-5-6-7-8-9-11-23-12-10-22-16-19-13-20(17-22)15-21(14-19)18-22;/h19-21,23H,2-18H2,1H3;1H. The van der Waals surface area contributed by atoms with Crippen LogP contribution < -0.4 is 5.32 Å². The zero-order valence-corrected chi connectivity index (χ0v) is 17.0. The van der Waals surface area contributed by atoms with Crippen molar-refractivity contribution in [3.63, 3.8) is 0 Å². The van der Waals surface area contributed by atoms with Gasteiger partial charge in [0, 0.05) is 0 Å². The lowest BCUT2D eigenvalue weighted by atomic mass is 9.49. The summed E-state index contributed by atoms with van der Waals surface area (Å²) in [7, 11) is 0. The van der Waals surface area contributed by atoms with Crippen molar-refractivity contribution in [3.05, 3.63) is 0 Å². The van der Waals surface area contributed by atoms with Gasteiger partial charge in [0.15, 0.2) is 0 Å². The van der Waals surface area contributed by atoms with Gasteiger partial charge < -0.3 is 5.32 Å². The molecule has 0 aromatic rings. The molecule has 0 saturated heterocycles. The van der Waals surface area contributed by atoms with E-state index in [2.05, 4.69) is 12.2 Å². The van der Waals surface area contributed by atoms with Gasteiger partial charge in [0.2, 0.25) is 0 Å². The highest BCUT2D eigenvalue weighted by atomic mass is 35.5. The van der Waals surface area contributed by atoms with Crippen molar-refractivity contribution < 1.29 is 0 Å². The lowest BCUT2D eigenvalue weighted by Crippen LogP contribution is -2.47. The smallest absolute Gasteiger partial charge is 0.00436 e. The van der Waals surface area contributed by atoms with E-state index in [1.54, 1.807) is 38.5 Å². The summed E-state index contributed by atoms with van der Waals surface area (Å²) in [6.07, 6.45) is 22.5. The molecule has 0 aromatic carbocycles. The van der Waals surface area contributed by atoms with E-state index >= 15 is 0 Å². The molecule has 0 radical (unpaired) electrons. The van der Waals surface area contributed by atoms with Gasteiger partial charge >= 0.3 is 0 Å². The summed E-state index contributed by atoms with van der Waals surface area (Å²) in [5.74, 6) is 3.36. The molecule has 2 heteroatoms. The molecule has 0 amide bonds. The summed E-state index contributed by atoms with van der Waals surface area (Å²) in [6.45, 7) is 4.86.